The van der Waals surface area contributed by atoms with Gasteiger partial charge in [0.05, 0.1) is 6.10 Å². The normalized spacial score (nSPS) is 16.2. The molecule has 3 unspecified atom stereocenters. The van der Waals surface area contributed by atoms with Crippen molar-refractivity contribution >= 4 is 10.8 Å². The zero-order chi connectivity index (χ0) is 13.5. The molecule has 3 nitrogen and oxygen atoms in total. The molecule has 18 heavy (non-hydrogen) atoms. The van der Waals surface area contributed by atoms with Gasteiger partial charge in [-0.05, 0) is 30.7 Å². The monoisotopic (exact) mass is 273 g/mol. The van der Waals surface area contributed by atoms with E-state index in [1.54, 1.807) is 18.4 Å². The van der Waals surface area contributed by atoms with Gasteiger partial charge in [0, 0.05) is 28.9 Å². The highest BCUT2D eigenvalue weighted by Crippen LogP contribution is 2.12. The lowest BCUT2D eigenvalue weighted by Crippen LogP contribution is -2.25. The summed E-state index contributed by atoms with van der Waals surface area (Å²) in [5.41, 5.74) is 0.564. The number of aliphatic hydroxyl groups is 1. The molecule has 1 aromatic rings. The third kappa shape index (κ3) is 5.25. The average molecular weight is 273 g/mol. The summed E-state index contributed by atoms with van der Waals surface area (Å²) in [6.45, 7) is 2.99. The highest BCUT2D eigenvalue weighted by Gasteiger charge is 2.09. The second-order valence-electron chi connectivity index (χ2n) is 4.37. The molecule has 5 heteroatoms. The summed E-state index contributed by atoms with van der Waals surface area (Å²) < 4.78 is 24.1. The van der Waals surface area contributed by atoms with Gasteiger partial charge in [-0.15, -0.1) is 0 Å². The Bertz CT molecular complexity index is 400. The van der Waals surface area contributed by atoms with E-state index in [-0.39, 0.29) is 11.1 Å². The minimum atomic E-state index is -0.816. The molecule has 0 amide bonds. The molecular formula is C13H20FNO2S. The van der Waals surface area contributed by atoms with Gasteiger partial charge in [-0.2, -0.15) is 0 Å². The lowest BCUT2D eigenvalue weighted by Gasteiger charge is -2.13. The summed E-state index contributed by atoms with van der Waals surface area (Å²) >= 11 is 0. The van der Waals surface area contributed by atoms with Crippen LogP contribution < -0.4 is 5.32 Å². The Balaban J connectivity index is 2.29. The lowest BCUT2D eigenvalue weighted by molar-refractivity contribution is 0.174. The number of hydrogen-bond donors (Lipinski definition) is 2. The van der Waals surface area contributed by atoms with Crippen molar-refractivity contribution in [1.82, 2.24) is 5.32 Å². The molecule has 3 atom stereocenters. The third-order valence-electron chi connectivity index (χ3n) is 2.87. The smallest absolute Gasteiger partial charge is 0.123 e. The Kier molecular flexibility index (Phi) is 6.46. The number of aliphatic hydroxyl groups excluding tert-OH is 1. The van der Waals surface area contributed by atoms with Crippen LogP contribution in [0.2, 0.25) is 0 Å². The molecular weight excluding hydrogens is 253 g/mol. The van der Waals surface area contributed by atoms with Crippen molar-refractivity contribution in [2.45, 2.75) is 24.7 Å². The van der Waals surface area contributed by atoms with Crippen molar-refractivity contribution in [2.75, 3.05) is 19.3 Å². The molecule has 0 radical (unpaired) electrons. The molecule has 0 bridgehead atoms. The van der Waals surface area contributed by atoms with Crippen LogP contribution in [0.3, 0.4) is 0 Å². The first-order valence-corrected chi connectivity index (χ1v) is 7.59. The van der Waals surface area contributed by atoms with E-state index in [0.717, 1.165) is 6.42 Å². The van der Waals surface area contributed by atoms with Crippen molar-refractivity contribution in [2.24, 2.45) is 0 Å². The first kappa shape index (κ1) is 15.3. The summed E-state index contributed by atoms with van der Waals surface area (Å²) in [6, 6.07) is 5.95. The van der Waals surface area contributed by atoms with E-state index in [0.29, 0.717) is 18.7 Å². The number of benzene rings is 1. The number of hydrogen-bond acceptors (Lipinski definition) is 3. The van der Waals surface area contributed by atoms with Gasteiger partial charge in [-0.1, -0.05) is 19.1 Å². The van der Waals surface area contributed by atoms with Crippen LogP contribution in [0.1, 0.15) is 25.0 Å². The Morgan fingerprint density at radius 3 is 2.83 bits per heavy atom. The SMILES string of the molecule is CC(CCNCC(O)c1cccc(F)c1)S(C)=O. The molecule has 0 spiro atoms. The summed E-state index contributed by atoms with van der Waals surface area (Å²) in [7, 11) is -0.816. The van der Waals surface area contributed by atoms with E-state index in [2.05, 4.69) is 5.32 Å². The average Bonchev–Trinajstić information content (AvgIpc) is 2.33. The summed E-state index contributed by atoms with van der Waals surface area (Å²) in [4.78, 5) is 0. The standard InChI is InChI=1S/C13H20FNO2S/c1-10(18(2)17)6-7-15-9-13(16)11-4-3-5-12(14)8-11/h3-5,8,10,13,15-16H,6-7,9H2,1-2H3. The van der Waals surface area contributed by atoms with E-state index in [1.165, 1.54) is 12.1 Å². The summed E-state index contributed by atoms with van der Waals surface area (Å²) in [5.74, 6) is -0.346. The molecule has 1 rings (SSSR count). The van der Waals surface area contributed by atoms with Crippen LogP contribution >= 0.6 is 0 Å². The van der Waals surface area contributed by atoms with Crippen LogP contribution in [-0.2, 0) is 10.8 Å². The quantitative estimate of drug-likeness (QED) is 0.742. The minimum absolute atomic E-state index is 0.142. The third-order valence-corrected chi connectivity index (χ3v) is 4.23. The van der Waals surface area contributed by atoms with E-state index in [4.69, 9.17) is 0 Å². The zero-order valence-corrected chi connectivity index (χ0v) is 11.5. The van der Waals surface area contributed by atoms with Gasteiger partial charge in [0.1, 0.15) is 5.82 Å². The van der Waals surface area contributed by atoms with Crippen molar-refractivity contribution < 1.29 is 13.7 Å². The molecule has 1 aromatic carbocycles. The van der Waals surface area contributed by atoms with Crippen molar-refractivity contribution in [3.05, 3.63) is 35.6 Å². The molecule has 2 N–H and O–H groups in total. The van der Waals surface area contributed by atoms with Crippen LogP contribution in [0.25, 0.3) is 0 Å². The molecule has 0 saturated heterocycles. The van der Waals surface area contributed by atoms with Crippen LogP contribution in [0.5, 0.6) is 0 Å². The summed E-state index contributed by atoms with van der Waals surface area (Å²) in [5, 5.41) is 13.1. The highest BCUT2D eigenvalue weighted by molar-refractivity contribution is 7.84. The highest BCUT2D eigenvalue weighted by atomic mass is 32.2. The maximum Gasteiger partial charge on any atom is 0.123 e. The topological polar surface area (TPSA) is 49.3 Å². The molecule has 0 aliphatic carbocycles. The maximum atomic E-state index is 12.9. The van der Waals surface area contributed by atoms with E-state index in [9.17, 15) is 13.7 Å². The van der Waals surface area contributed by atoms with Crippen LogP contribution in [0.4, 0.5) is 4.39 Å². The Morgan fingerprint density at radius 1 is 1.50 bits per heavy atom. The predicted molar refractivity (Wildman–Crippen MR) is 72.4 cm³/mol. The van der Waals surface area contributed by atoms with E-state index < -0.39 is 16.9 Å². The molecule has 0 heterocycles. The molecule has 0 aliphatic rings. The van der Waals surface area contributed by atoms with Crippen LogP contribution in [-0.4, -0.2) is 33.9 Å². The van der Waals surface area contributed by atoms with Gasteiger partial charge >= 0.3 is 0 Å². The zero-order valence-electron chi connectivity index (χ0n) is 10.7. The van der Waals surface area contributed by atoms with Gasteiger partial charge < -0.3 is 10.4 Å². The second kappa shape index (κ2) is 7.61. The number of rotatable bonds is 7. The van der Waals surface area contributed by atoms with Gasteiger partial charge in [-0.25, -0.2) is 4.39 Å². The largest absolute Gasteiger partial charge is 0.387 e. The van der Waals surface area contributed by atoms with Crippen LogP contribution in [0, 0.1) is 5.82 Å². The van der Waals surface area contributed by atoms with Crippen LogP contribution in [0.15, 0.2) is 24.3 Å². The fourth-order valence-corrected chi connectivity index (χ4v) is 1.99. The van der Waals surface area contributed by atoms with E-state index in [1.807, 2.05) is 6.92 Å². The minimum Gasteiger partial charge on any atom is -0.387 e. The van der Waals surface area contributed by atoms with Gasteiger partial charge in [-0.3, -0.25) is 4.21 Å². The first-order valence-electron chi connectivity index (χ1n) is 5.97. The fourth-order valence-electron chi connectivity index (χ4n) is 1.54. The molecule has 0 aromatic heterocycles. The molecule has 0 aliphatic heterocycles. The van der Waals surface area contributed by atoms with Gasteiger partial charge in [0.2, 0.25) is 0 Å². The molecule has 102 valence electrons. The Hall–Kier alpha value is -0.780. The van der Waals surface area contributed by atoms with Crippen molar-refractivity contribution in [1.29, 1.82) is 0 Å². The Morgan fingerprint density at radius 2 is 2.22 bits per heavy atom. The lowest BCUT2D eigenvalue weighted by atomic mass is 10.1. The maximum absolute atomic E-state index is 12.9. The van der Waals surface area contributed by atoms with Gasteiger partial charge in [0.25, 0.3) is 0 Å². The molecule has 0 fully saturated rings. The predicted octanol–water partition coefficient (Wildman–Crippen LogP) is 1.61. The Labute approximate surface area is 110 Å². The second-order valence-corrected chi connectivity index (χ2v) is 6.17. The fraction of sp³-hybridized carbons (Fsp3) is 0.538. The van der Waals surface area contributed by atoms with E-state index >= 15 is 0 Å². The summed E-state index contributed by atoms with van der Waals surface area (Å²) in [6.07, 6.45) is 1.76. The number of nitrogens with one attached hydrogen (secondary N) is 1. The molecule has 0 saturated carbocycles. The van der Waals surface area contributed by atoms with Crippen molar-refractivity contribution in [3.8, 4) is 0 Å². The number of halogens is 1. The first-order chi connectivity index (χ1) is 8.50. The van der Waals surface area contributed by atoms with Gasteiger partial charge in [0.15, 0.2) is 0 Å². The van der Waals surface area contributed by atoms with Crippen molar-refractivity contribution in [3.63, 3.8) is 0 Å².